The van der Waals surface area contributed by atoms with Crippen LogP contribution in [-0.2, 0) is 18.4 Å². The normalized spacial score (nSPS) is 17.2. The molecule has 2 heteroatoms. The van der Waals surface area contributed by atoms with Crippen molar-refractivity contribution >= 4 is 0 Å². The quantitative estimate of drug-likeness (QED) is 0.587. The van der Waals surface area contributed by atoms with E-state index in [1.165, 1.54) is 37.1 Å². The van der Waals surface area contributed by atoms with Crippen LogP contribution in [0, 0.1) is 0 Å². The molecule has 0 unspecified atom stereocenters. The van der Waals surface area contributed by atoms with E-state index in [0.29, 0.717) is 0 Å². The van der Waals surface area contributed by atoms with Gasteiger partial charge in [0.25, 0.3) is 0 Å². The number of imidazole rings is 1. The van der Waals surface area contributed by atoms with Crippen LogP contribution in [0.15, 0.2) is 6.33 Å². The molecule has 1 aliphatic rings. The number of hydrogen-bond donors (Lipinski definition) is 1. The van der Waals surface area contributed by atoms with Gasteiger partial charge in [0.15, 0.2) is 0 Å². The molecule has 72 valence electrons. The van der Waals surface area contributed by atoms with Crippen molar-refractivity contribution in [2.24, 2.45) is 0 Å². The highest BCUT2D eigenvalue weighted by molar-refractivity contribution is 5.09. The Kier molecular flexibility index (Phi) is 1.94. The van der Waals surface area contributed by atoms with Crippen LogP contribution in [-0.4, -0.2) is 4.98 Å². The predicted molar refractivity (Wildman–Crippen MR) is 52.6 cm³/mol. The van der Waals surface area contributed by atoms with Gasteiger partial charge in [-0.1, -0.05) is 0 Å². The summed E-state index contributed by atoms with van der Waals surface area (Å²) in [5, 5.41) is 0. The second-order valence-corrected chi connectivity index (χ2v) is 4.95. The van der Waals surface area contributed by atoms with Crippen LogP contribution < -0.4 is 4.57 Å². The van der Waals surface area contributed by atoms with Crippen LogP contribution in [0.4, 0.5) is 0 Å². The summed E-state index contributed by atoms with van der Waals surface area (Å²) in [6.07, 6.45) is 7.31. The van der Waals surface area contributed by atoms with Crippen LogP contribution >= 0.6 is 0 Å². The summed E-state index contributed by atoms with van der Waals surface area (Å²) in [6, 6.07) is 0. The van der Waals surface area contributed by atoms with Gasteiger partial charge in [-0.05, 0) is 33.6 Å². The van der Waals surface area contributed by atoms with Gasteiger partial charge in [-0.3, -0.25) is 0 Å². The van der Waals surface area contributed by atoms with Gasteiger partial charge < -0.3 is 0 Å². The Morgan fingerprint density at radius 2 is 1.92 bits per heavy atom. The van der Waals surface area contributed by atoms with E-state index < -0.39 is 0 Å². The molecule has 13 heavy (non-hydrogen) atoms. The summed E-state index contributed by atoms with van der Waals surface area (Å²) in [4.78, 5) is 3.40. The Morgan fingerprint density at radius 1 is 1.23 bits per heavy atom. The lowest BCUT2D eigenvalue weighted by Gasteiger charge is -2.18. The first kappa shape index (κ1) is 8.79. The second-order valence-electron chi connectivity index (χ2n) is 4.95. The molecule has 2 nitrogen and oxygen atoms in total. The number of aryl methyl sites for hydroxylation is 1. The number of rotatable bonds is 0. The topological polar surface area (TPSA) is 19.7 Å². The number of aromatic amines is 1. The Morgan fingerprint density at radius 3 is 2.62 bits per heavy atom. The lowest BCUT2D eigenvalue weighted by atomic mass is 9.99. The highest BCUT2D eigenvalue weighted by Crippen LogP contribution is 2.18. The SMILES string of the molecule is CC(C)(C)[n+]1c[nH]c2c1CCCC2. The van der Waals surface area contributed by atoms with Gasteiger partial charge in [0, 0.05) is 12.8 Å². The molecule has 2 rings (SSSR count). The van der Waals surface area contributed by atoms with Crippen molar-refractivity contribution in [2.45, 2.75) is 52.0 Å². The van der Waals surface area contributed by atoms with Gasteiger partial charge in [0.1, 0.15) is 16.9 Å². The fourth-order valence-corrected chi connectivity index (χ4v) is 2.13. The van der Waals surface area contributed by atoms with E-state index in [1.54, 1.807) is 0 Å². The van der Waals surface area contributed by atoms with Crippen molar-refractivity contribution in [1.29, 1.82) is 0 Å². The van der Waals surface area contributed by atoms with Gasteiger partial charge in [0.2, 0.25) is 6.33 Å². The highest BCUT2D eigenvalue weighted by Gasteiger charge is 2.28. The molecule has 0 saturated heterocycles. The first-order chi connectivity index (χ1) is 6.09. The zero-order chi connectivity index (χ0) is 9.47. The zero-order valence-electron chi connectivity index (χ0n) is 8.85. The summed E-state index contributed by atoms with van der Waals surface area (Å²) in [7, 11) is 0. The maximum Gasteiger partial charge on any atom is 0.242 e. The van der Waals surface area contributed by atoms with E-state index in [1.807, 2.05) is 0 Å². The van der Waals surface area contributed by atoms with Crippen molar-refractivity contribution < 1.29 is 4.57 Å². The van der Waals surface area contributed by atoms with Crippen molar-refractivity contribution in [1.82, 2.24) is 4.98 Å². The number of fused-ring (bicyclic) bond motifs is 1. The van der Waals surface area contributed by atoms with Gasteiger partial charge in [-0.15, -0.1) is 0 Å². The maximum atomic E-state index is 3.40. The lowest BCUT2D eigenvalue weighted by molar-refractivity contribution is -0.759. The third kappa shape index (κ3) is 1.50. The molecule has 0 fully saturated rings. The molecule has 1 heterocycles. The summed E-state index contributed by atoms with van der Waals surface area (Å²) in [6.45, 7) is 6.78. The Balaban J connectivity index is 2.43. The molecule has 0 atom stereocenters. The van der Waals surface area contributed by atoms with Crippen molar-refractivity contribution in [3.8, 4) is 0 Å². The van der Waals surface area contributed by atoms with E-state index in [4.69, 9.17) is 0 Å². The van der Waals surface area contributed by atoms with Crippen molar-refractivity contribution in [3.63, 3.8) is 0 Å². The number of nitrogens with zero attached hydrogens (tertiary/aromatic N) is 1. The minimum Gasteiger partial charge on any atom is -0.247 e. The summed E-state index contributed by atoms with van der Waals surface area (Å²) in [5.41, 5.74) is 3.21. The largest absolute Gasteiger partial charge is 0.247 e. The van der Waals surface area contributed by atoms with Gasteiger partial charge in [-0.2, -0.15) is 0 Å². The molecular weight excluding hydrogens is 160 g/mol. The molecule has 0 amide bonds. The van der Waals surface area contributed by atoms with Crippen LogP contribution in [0.25, 0.3) is 0 Å². The minimum absolute atomic E-state index is 0.224. The van der Waals surface area contributed by atoms with E-state index in [0.717, 1.165) is 0 Å². The first-order valence-corrected chi connectivity index (χ1v) is 5.20. The minimum atomic E-state index is 0.224. The third-order valence-corrected chi connectivity index (χ3v) is 2.82. The molecule has 0 aliphatic heterocycles. The molecular formula is C11H19N2+. The molecule has 1 aromatic rings. The van der Waals surface area contributed by atoms with Crippen LogP contribution in [0.1, 0.15) is 45.0 Å². The van der Waals surface area contributed by atoms with E-state index >= 15 is 0 Å². The highest BCUT2D eigenvalue weighted by atomic mass is 15.1. The number of hydrogen-bond acceptors (Lipinski definition) is 0. The standard InChI is InChI=1S/C11H18N2/c1-11(2,3)13-8-12-9-6-4-5-7-10(9)13/h8H,4-7H2,1-3H3/p+1. The monoisotopic (exact) mass is 179 g/mol. The molecule has 0 aromatic carbocycles. The molecule has 1 aliphatic carbocycles. The molecule has 0 bridgehead atoms. The average Bonchev–Trinajstić information content (AvgIpc) is 2.45. The second kappa shape index (κ2) is 2.86. The van der Waals surface area contributed by atoms with Crippen LogP contribution in [0.2, 0.25) is 0 Å². The van der Waals surface area contributed by atoms with Crippen LogP contribution in [0.3, 0.4) is 0 Å². The third-order valence-electron chi connectivity index (χ3n) is 2.82. The zero-order valence-corrected chi connectivity index (χ0v) is 8.85. The number of nitrogens with one attached hydrogen (secondary N) is 1. The summed E-state index contributed by atoms with van der Waals surface area (Å²) < 4.78 is 2.39. The summed E-state index contributed by atoms with van der Waals surface area (Å²) >= 11 is 0. The smallest absolute Gasteiger partial charge is 0.242 e. The van der Waals surface area contributed by atoms with Gasteiger partial charge in [-0.25, -0.2) is 9.55 Å². The first-order valence-electron chi connectivity index (χ1n) is 5.20. The van der Waals surface area contributed by atoms with E-state index in [9.17, 15) is 0 Å². The summed E-state index contributed by atoms with van der Waals surface area (Å²) in [5.74, 6) is 0. The molecule has 0 spiro atoms. The fourth-order valence-electron chi connectivity index (χ4n) is 2.13. The Hall–Kier alpha value is -0.790. The maximum absolute atomic E-state index is 3.40. The average molecular weight is 179 g/mol. The van der Waals surface area contributed by atoms with Crippen molar-refractivity contribution in [2.75, 3.05) is 0 Å². The molecule has 0 saturated carbocycles. The molecule has 1 N–H and O–H groups in total. The number of aromatic nitrogens is 2. The van der Waals surface area contributed by atoms with E-state index in [-0.39, 0.29) is 5.54 Å². The molecule has 0 radical (unpaired) electrons. The van der Waals surface area contributed by atoms with Gasteiger partial charge >= 0.3 is 0 Å². The van der Waals surface area contributed by atoms with E-state index in [2.05, 4.69) is 36.6 Å². The molecule has 1 aromatic heterocycles. The van der Waals surface area contributed by atoms with Gasteiger partial charge in [0.05, 0.1) is 0 Å². The Bertz CT molecular complexity index is 304. The lowest BCUT2D eigenvalue weighted by Crippen LogP contribution is -2.51. The predicted octanol–water partition coefficient (Wildman–Crippen LogP) is 1.94. The Labute approximate surface area is 80.0 Å². The van der Waals surface area contributed by atoms with Crippen LogP contribution in [0.5, 0.6) is 0 Å². The fraction of sp³-hybridized carbons (Fsp3) is 0.727. The number of H-pyrrole nitrogens is 1. The van der Waals surface area contributed by atoms with Crippen molar-refractivity contribution in [3.05, 3.63) is 17.7 Å².